The third-order valence-corrected chi connectivity index (χ3v) is 5.67. The van der Waals surface area contributed by atoms with Crippen LogP contribution in [0.1, 0.15) is 38.1 Å². The van der Waals surface area contributed by atoms with Crippen molar-refractivity contribution in [3.8, 4) is 5.75 Å². The molecule has 0 saturated carbocycles. The zero-order valence-electron chi connectivity index (χ0n) is 18.2. The van der Waals surface area contributed by atoms with Crippen LogP contribution in [0.4, 0.5) is 18.9 Å². The summed E-state index contributed by atoms with van der Waals surface area (Å²) in [6, 6.07) is 7.20. The van der Waals surface area contributed by atoms with Crippen molar-refractivity contribution >= 4 is 39.1 Å². The van der Waals surface area contributed by atoms with Crippen molar-refractivity contribution in [2.75, 3.05) is 18.1 Å². The number of halogens is 3. The largest absolute Gasteiger partial charge is 0.494 e. The minimum Gasteiger partial charge on any atom is -0.494 e. The number of anilines is 1. The number of nitrogens with zero attached hydrogens (tertiary/aromatic N) is 2. The molecule has 0 aliphatic carbocycles. The van der Waals surface area contributed by atoms with Gasteiger partial charge in [-0.05, 0) is 37.6 Å². The first-order valence-corrected chi connectivity index (χ1v) is 11.3. The van der Waals surface area contributed by atoms with Crippen molar-refractivity contribution in [2.45, 2.75) is 39.7 Å². The number of aromatic nitrogens is 1. The van der Waals surface area contributed by atoms with Gasteiger partial charge in [-0.2, -0.15) is 0 Å². The third kappa shape index (κ3) is 6.01. The number of carbonyl (C=O) groups is 2. The second kappa shape index (κ2) is 11.1. The Hall–Kier alpha value is -3.14. The average Bonchev–Trinajstić information content (AvgIpc) is 3.24. The van der Waals surface area contributed by atoms with E-state index in [2.05, 4.69) is 4.98 Å². The predicted molar refractivity (Wildman–Crippen MR) is 119 cm³/mol. The van der Waals surface area contributed by atoms with Crippen molar-refractivity contribution in [3.05, 3.63) is 52.8 Å². The number of rotatable bonds is 10. The van der Waals surface area contributed by atoms with Crippen LogP contribution in [0.3, 0.4) is 0 Å². The minimum atomic E-state index is -1.33. The fourth-order valence-electron chi connectivity index (χ4n) is 3.07. The van der Waals surface area contributed by atoms with Gasteiger partial charge >= 0.3 is 5.97 Å². The molecule has 1 aromatic heterocycles. The summed E-state index contributed by atoms with van der Waals surface area (Å²) >= 11 is 0.831. The van der Waals surface area contributed by atoms with Crippen molar-refractivity contribution in [1.29, 1.82) is 0 Å². The van der Waals surface area contributed by atoms with E-state index in [-0.39, 0.29) is 35.7 Å². The van der Waals surface area contributed by atoms with E-state index in [1.165, 1.54) is 4.90 Å². The van der Waals surface area contributed by atoms with Crippen LogP contribution in [0, 0.1) is 17.5 Å². The van der Waals surface area contributed by atoms with Gasteiger partial charge in [0.15, 0.2) is 11.6 Å². The predicted octanol–water partition coefficient (Wildman–Crippen LogP) is 5.38. The number of benzene rings is 2. The van der Waals surface area contributed by atoms with E-state index in [1.807, 2.05) is 6.92 Å². The molecule has 176 valence electrons. The smallest absolute Gasteiger partial charge is 0.306 e. The van der Waals surface area contributed by atoms with Crippen molar-refractivity contribution in [3.63, 3.8) is 0 Å². The normalized spacial score (nSPS) is 10.9. The highest BCUT2D eigenvalue weighted by atomic mass is 32.1. The van der Waals surface area contributed by atoms with Crippen molar-refractivity contribution in [1.82, 2.24) is 4.98 Å². The first-order valence-electron chi connectivity index (χ1n) is 10.5. The Morgan fingerprint density at radius 3 is 2.45 bits per heavy atom. The van der Waals surface area contributed by atoms with Gasteiger partial charge in [0, 0.05) is 18.2 Å². The molecule has 33 heavy (non-hydrogen) atoms. The lowest BCUT2D eigenvalue weighted by molar-refractivity contribution is -0.144. The molecule has 2 aromatic carbocycles. The van der Waals surface area contributed by atoms with E-state index in [0.29, 0.717) is 24.1 Å². The number of thiazole rings is 1. The van der Waals surface area contributed by atoms with Crippen LogP contribution in [0.2, 0.25) is 0 Å². The zero-order valence-corrected chi connectivity index (χ0v) is 19.0. The van der Waals surface area contributed by atoms with Crippen LogP contribution in [0.15, 0.2) is 30.3 Å². The maximum atomic E-state index is 14.1. The molecule has 0 aliphatic heterocycles. The number of ether oxygens (including phenoxy) is 2. The van der Waals surface area contributed by atoms with E-state index in [4.69, 9.17) is 9.47 Å². The first kappa shape index (κ1) is 24.5. The van der Waals surface area contributed by atoms with Crippen molar-refractivity contribution in [2.24, 2.45) is 0 Å². The van der Waals surface area contributed by atoms with Crippen LogP contribution in [-0.4, -0.2) is 30.1 Å². The SMILES string of the molecule is CCCOc1ccc(N(Cc2nc3c(F)c(F)cc(F)c3s2)C(=O)CCC(=O)OCC)cc1. The molecule has 1 heterocycles. The summed E-state index contributed by atoms with van der Waals surface area (Å²) in [5.74, 6) is -3.79. The Morgan fingerprint density at radius 2 is 1.79 bits per heavy atom. The lowest BCUT2D eigenvalue weighted by atomic mass is 10.2. The molecule has 0 saturated heterocycles. The van der Waals surface area contributed by atoms with Crippen LogP contribution in [0.25, 0.3) is 10.2 Å². The molecule has 10 heteroatoms. The molecule has 0 spiro atoms. The number of fused-ring (bicyclic) bond motifs is 1. The highest BCUT2D eigenvalue weighted by molar-refractivity contribution is 7.18. The monoisotopic (exact) mass is 480 g/mol. The zero-order chi connectivity index (χ0) is 24.0. The molecular weight excluding hydrogens is 457 g/mol. The number of carbonyl (C=O) groups excluding carboxylic acids is 2. The average molecular weight is 481 g/mol. The molecule has 0 atom stereocenters. The molecule has 0 N–H and O–H groups in total. The summed E-state index contributed by atoms with van der Waals surface area (Å²) in [6.07, 6.45) is 0.593. The van der Waals surface area contributed by atoms with Crippen LogP contribution in [-0.2, 0) is 20.9 Å². The maximum absolute atomic E-state index is 14.1. The Kier molecular flexibility index (Phi) is 8.26. The minimum absolute atomic E-state index is 0.114. The maximum Gasteiger partial charge on any atom is 0.306 e. The van der Waals surface area contributed by atoms with Gasteiger partial charge in [-0.3, -0.25) is 9.59 Å². The second-order valence-corrected chi connectivity index (χ2v) is 8.15. The van der Waals surface area contributed by atoms with E-state index in [1.54, 1.807) is 31.2 Å². The fraction of sp³-hybridized carbons (Fsp3) is 0.348. The summed E-state index contributed by atoms with van der Waals surface area (Å²) in [4.78, 5) is 30.0. The van der Waals surface area contributed by atoms with Gasteiger partial charge in [0.25, 0.3) is 0 Å². The molecular formula is C23H23F3N2O4S. The molecule has 0 fully saturated rings. The van der Waals surface area contributed by atoms with E-state index >= 15 is 0 Å². The number of hydrogen-bond acceptors (Lipinski definition) is 6. The van der Waals surface area contributed by atoms with E-state index < -0.39 is 34.8 Å². The summed E-state index contributed by atoms with van der Waals surface area (Å²) in [6.45, 7) is 4.28. The van der Waals surface area contributed by atoms with Gasteiger partial charge in [0.2, 0.25) is 5.91 Å². The number of esters is 1. The van der Waals surface area contributed by atoms with Crippen LogP contribution >= 0.6 is 11.3 Å². The summed E-state index contributed by atoms with van der Waals surface area (Å²) in [5.41, 5.74) is 0.0637. The third-order valence-electron chi connectivity index (χ3n) is 4.62. The lowest BCUT2D eigenvalue weighted by Gasteiger charge is -2.22. The van der Waals surface area contributed by atoms with Crippen LogP contribution in [0.5, 0.6) is 5.75 Å². The Bertz CT molecular complexity index is 1130. The Labute approximate surface area is 192 Å². The molecule has 3 aromatic rings. The highest BCUT2D eigenvalue weighted by Crippen LogP contribution is 2.31. The fourth-order valence-corrected chi connectivity index (χ4v) is 4.03. The van der Waals surface area contributed by atoms with E-state index in [0.717, 1.165) is 17.8 Å². The van der Waals surface area contributed by atoms with Crippen molar-refractivity contribution < 1.29 is 32.2 Å². The van der Waals surface area contributed by atoms with Gasteiger partial charge in [-0.25, -0.2) is 18.2 Å². The number of amides is 1. The van der Waals surface area contributed by atoms with E-state index in [9.17, 15) is 22.8 Å². The lowest BCUT2D eigenvalue weighted by Crippen LogP contribution is -2.30. The molecule has 0 bridgehead atoms. The first-order chi connectivity index (χ1) is 15.8. The molecule has 0 aliphatic rings. The van der Waals surface area contributed by atoms with Gasteiger partial charge in [-0.1, -0.05) is 6.92 Å². The van der Waals surface area contributed by atoms with Gasteiger partial charge in [0.1, 0.15) is 22.1 Å². The molecule has 1 amide bonds. The van der Waals surface area contributed by atoms with Crippen LogP contribution < -0.4 is 9.64 Å². The second-order valence-electron chi connectivity index (χ2n) is 7.07. The molecule has 0 unspecified atom stereocenters. The quantitative estimate of drug-likeness (QED) is 0.288. The standard InChI is InChI=1S/C23H23F3N2O4S/c1-3-11-32-15-7-5-14(6-8-15)28(19(29)9-10-20(30)31-4-2)13-18-27-22-21(26)16(24)12-17(25)23(22)33-18/h5-8,12H,3-4,9-11,13H2,1-2H3. The summed E-state index contributed by atoms with van der Waals surface area (Å²) in [7, 11) is 0. The summed E-state index contributed by atoms with van der Waals surface area (Å²) in [5, 5.41) is 0.212. The van der Waals surface area contributed by atoms with Gasteiger partial charge < -0.3 is 14.4 Å². The Morgan fingerprint density at radius 1 is 1.06 bits per heavy atom. The number of hydrogen-bond donors (Lipinski definition) is 0. The summed E-state index contributed by atoms with van der Waals surface area (Å²) < 4.78 is 52.1. The topological polar surface area (TPSA) is 68.7 Å². The van der Waals surface area contributed by atoms with Gasteiger partial charge in [-0.15, -0.1) is 11.3 Å². The Balaban J connectivity index is 1.89. The van der Waals surface area contributed by atoms with Gasteiger partial charge in [0.05, 0.1) is 30.9 Å². The molecule has 3 rings (SSSR count). The highest BCUT2D eigenvalue weighted by Gasteiger charge is 2.22. The molecule has 6 nitrogen and oxygen atoms in total. The molecule has 0 radical (unpaired) electrons.